The topological polar surface area (TPSA) is 177 Å². The number of rotatable bonds is 5. The van der Waals surface area contributed by atoms with Crippen LogP contribution in [0.2, 0.25) is 0 Å². The molecule has 1 saturated heterocycles. The maximum atomic E-state index is 11.1. The number of carbonyl (C=O) groups excluding carboxylic acids is 1. The van der Waals surface area contributed by atoms with Crippen LogP contribution in [0.1, 0.15) is 13.3 Å². The second-order valence-corrected chi connectivity index (χ2v) is 4.91. The average Bonchev–Trinajstić information content (AvgIpc) is 2.39. The van der Waals surface area contributed by atoms with Crippen molar-refractivity contribution in [1.29, 1.82) is 0 Å². The monoisotopic (exact) mass is 310 g/mol. The highest BCUT2D eigenvalue weighted by atomic mass is 16.7. The molecule has 1 fully saturated rings. The summed E-state index contributed by atoms with van der Waals surface area (Å²) in [5, 5.41) is 59.0. The standard InChI is InChI=1S/C11H19NO9/c1-4(14)12-7-5(15)2-11(20,10(18)19)21-9(7)8(17)6(16)3-13/h5-9,13,15-17,20H,2-3H2,1H3,(H,12,14)(H,18,19)/t5?,6-,7-,8-,9-,11?/m1/s1/i10+1. The van der Waals surface area contributed by atoms with Crippen molar-refractivity contribution in [1.82, 2.24) is 5.32 Å². The number of ether oxygens (including phenoxy) is 1. The molecule has 0 spiro atoms. The first-order valence-corrected chi connectivity index (χ1v) is 6.18. The van der Waals surface area contributed by atoms with E-state index in [9.17, 15) is 30.0 Å². The van der Waals surface area contributed by atoms with Crippen LogP contribution in [-0.4, -0.2) is 85.4 Å². The summed E-state index contributed by atoms with van der Waals surface area (Å²) in [4.78, 5) is 22.1. The van der Waals surface area contributed by atoms with Gasteiger partial charge in [-0.2, -0.15) is 0 Å². The van der Waals surface area contributed by atoms with Crippen molar-refractivity contribution < 1.29 is 45.0 Å². The number of hydrogen-bond donors (Lipinski definition) is 7. The molecule has 0 bridgehead atoms. The number of carboxylic acids is 1. The molecule has 2 unspecified atom stereocenters. The zero-order valence-corrected chi connectivity index (χ0v) is 11.2. The maximum absolute atomic E-state index is 11.1. The lowest BCUT2D eigenvalue weighted by Gasteiger charge is -2.44. The Kier molecular flexibility index (Phi) is 5.61. The Morgan fingerprint density at radius 2 is 2.00 bits per heavy atom. The Bertz CT molecular complexity index is 403. The molecule has 1 heterocycles. The van der Waals surface area contributed by atoms with Crippen LogP contribution in [0, 0.1) is 0 Å². The van der Waals surface area contributed by atoms with Gasteiger partial charge in [-0.3, -0.25) is 4.79 Å². The van der Waals surface area contributed by atoms with Gasteiger partial charge in [0.15, 0.2) is 0 Å². The fourth-order valence-electron chi connectivity index (χ4n) is 2.14. The van der Waals surface area contributed by atoms with E-state index in [4.69, 9.17) is 14.9 Å². The molecular weight excluding hydrogens is 291 g/mol. The maximum Gasteiger partial charge on any atom is 0.364 e. The molecule has 1 aliphatic rings. The predicted molar refractivity (Wildman–Crippen MR) is 64.8 cm³/mol. The van der Waals surface area contributed by atoms with Gasteiger partial charge < -0.3 is 40.7 Å². The Balaban J connectivity index is 3.07. The van der Waals surface area contributed by atoms with Crippen molar-refractivity contribution in [2.45, 2.75) is 49.6 Å². The molecule has 1 aliphatic heterocycles. The van der Waals surface area contributed by atoms with Crippen molar-refractivity contribution >= 4 is 11.9 Å². The molecule has 6 atom stereocenters. The zero-order chi connectivity index (χ0) is 16.4. The van der Waals surface area contributed by atoms with Crippen LogP contribution in [0.3, 0.4) is 0 Å². The second-order valence-electron chi connectivity index (χ2n) is 4.91. The number of nitrogens with one attached hydrogen (secondary N) is 1. The quantitative estimate of drug-likeness (QED) is 0.250. The number of carboxylic acid groups (broad SMARTS) is 1. The van der Waals surface area contributed by atoms with E-state index in [1.807, 2.05) is 0 Å². The second kappa shape index (κ2) is 6.64. The van der Waals surface area contributed by atoms with E-state index in [-0.39, 0.29) is 0 Å². The highest BCUT2D eigenvalue weighted by Gasteiger charge is 2.53. The minimum absolute atomic E-state index is 0.598. The van der Waals surface area contributed by atoms with Gasteiger partial charge in [0.1, 0.15) is 18.3 Å². The van der Waals surface area contributed by atoms with Crippen LogP contribution in [0.15, 0.2) is 0 Å². The lowest BCUT2D eigenvalue weighted by molar-refractivity contribution is -0.295. The third kappa shape index (κ3) is 3.87. The SMILES string of the molecule is CC(=O)N[C@@H]1C(O)CC(O)([13C](=O)O)O[C@H]1[C@H](O)[C@H](O)CO. The molecule has 1 rings (SSSR count). The highest BCUT2D eigenvalue weighted by molar-refractivity contribution is 5.76. The number of aliphatic hydroxyl groups is 5. The fourth-order valence-corrected chi connectivity index (χ4v) is 2.14. The molecule has 7 N–H and O–H groups in total. The molecule has 0 saturated carbocycles. The third-order valence-corrected chi connectivity index (χ3v) is 3.21. The molecule has 0 radical (unpaired) electrons. The van der Waals surface area contributed by atoms with Gasteiger partial charge in [-0.1, -0.05) is 0 Å². The smallest absolute Gasteiger partial charge is 0.364 e. The summed E-state index contributed by atoms with van der Waals surface area (Å²) in [6, 6.07) is -1.27. The minimum atomic E-state index is -2.78. The van der Waals surface area contributed by atoms with Gasteiger partial charge >= 0.3 is 5.97 Å². The molecule has 0 aliphatic carbocycles. The van der Waals surface area contributed by atoms with Crippen LogP contribution >= 0.6 is 0 Å². The van der Waals surface area contributed by atoms with Crippen molar-refractivity contribution in [3.63, 3.8) is 0 Å². The lowest BCUT2D eigenvalue weighted by Crippen LogP contribution is -2.67. The summed E-state index contributed by atoms with van der Waals surface area (Å²) in [6.07, 6.45) is -7.48. The number of carbonyl (C=O) groups is 2. The minimum Gasteiger partial charge on any atom is -0.477 e. The first-order chi connectivity index (χ1) is 9.62. The molecule has 0 aromatic carbocycles. The molecule has 122 valence electrons. The number of aliphatic carboxylic acids is 1. The third-order valence-electron chi connectivity index (χ3n) is 3.21. The van der Waals surface area contributed by atoms with Gasteiger partial charge in [-0.15, -0.1) is 0 Å². The van der Waals surface area contributed by atoms with Crippen LogP contribution < -0.4 is 5.32 Å². The van der Waals surface area contributed by atoms with E-state index >= 15 is 0 Å². The van der Waals surface area contributed by atoms with Gasteiger partial charge in [0, 0.05) is 13.3 Å². The van der Waals surface area contributed by atoms with E-state index in [0.717, 1.165) is 6.92 Å². The van der Waals surface area contributed by atoms with E-state index in [1.54, 1.807) is 0 Å². The summed E-state index contributed by atoms with van der Waals surface area (Å²) in [6.45, 7) is 0.256. The van der Waals surface area contributed by atoms with Crippen LogP contribution in [-0.2, 0) is 14.3 Å². The van der Waals surface area contributed by atoms with Gasteiger partial charge in [0.25, 0.3) is 5.79 Å². The van der Waals surface area contributed by atoms with E-state index < -0.39 is 61.1 Å². The van der Waals surface area contributed by atoms with Crippen molar-refractivity contribution in [2.75, 3.05) is 6.61 Å². The average molecular weight is 310 g/mol. The zero-order valence-electron chi connectivity index (χ0n) is 11.2. The Morgan fingerprint density at radius 3 is 2.43 bits per heavy atom. The van der Waals surface area contributed by atoms with Crippen molar-refractivity contribution in [3.05, 3.63) is 0 Å². The normalized spacial score (nSPS) is 35.8. The first-order valence-electron chi connectivity index (χ1n) is 6.18. The van der Waals surface area contributed by atoms with Crippen LogP contribution in [0.5, 0.6) is 0 Å². The fraction of sp³-hybridized carbons (Fsp3) is 0.818. The number of hydrogen-bond acceptors (Lipinski definition) is 8. The van der Waals surface area contributed by atoms with Crippen LogP contribution in [0.4, 0.5) is 0 Å². The molecule has 21 heavy (non-hydrogen) atoms. The summed E-state index contributed by atoms with van der Waals surface area (Å²) in [5.74, 6) is -5.17. The Hall–Kier alpha value is -1.30. The first kappa shape index (κ1) is 17.8. The number of aliphatic hydroxyl groups excluding tert-OH is 4. The number of amides is 1. The van der Waals surface area contributed by atoms with Gasteiger partial charge in [0.05, 0.1) is 18.8 Å². The summed E-state index contributed by atoms with van der Waals surface area (Å²) < 4.78 is 4.86. The van der Waals surface area contributed by atoms with Gasteiger partial charge in [-0.05, 0) is 0 Å². The Morgan fingerprint density at radius 1 is 1.43 bits per heavy atom. The summed E-state index contributed by atoms with van der Waals surface area (Å²) in [5.41, 5.74) is 0. The molecule has 0 aromatic rings. The van der Waals surface area contributed by atoms with Crippen molar-refractivity contribution in [3.8, 4) is 0 Å². The largest absolute Gasteiger partial charge is 0.477 e. The molecule has 0 aromatic heterocycles. The molecule has 1 amide bonds. The van der Waals surface area contributed by atoms with E-state index in [1.165, 1.54) is 0 Å². The van der Waals surface area contributed by atoms with Gasteiger partial charge in [-0.25, -0.2) is 4.79 Å². The van der Waals surface area contributed by atoms with E-state index in [2.05, 4.69) is 5.32 Å². The molecular formula is C11H19NO9. The molecule has 10 nitrogen and oxygen atoms in total. The summed E-state index contributed by atoms with van der Waals surface area (Å²) in [7, 11) is 0. The molecule has 10 heteroatoms. The van der Waals surface area contributed by atoms with Crippen molar-refractivity contribution in [2.24, 2.45) is 0 Å². The predicted octanol–water partition coefficient (Wildman–Crippen LogP) is -3.87. The van der Waals surface area contributed by atoms with Gasteiger partial charge in [0.2, 0.25) is 5.91 Å². The highest BCUT2D eigenvalue weighted by Crippen LogP contribution is 2.30. The van der Waals surface area contributed by atoms with E-state index in [0.29, 0.717) is 0 Å². The lowest BCUT2D eigenvalue weighted by atomic mass is 9.90. The Labute approximate surface area is 119 Å². The van der Waals surface area contributed by atoms with Crippen LogP contribution in [0.25, 0.3) is 0 Å². The summed E-state index contributed by atoms with van der Waals surface area (Å²) >= 11 is 0.